The van der Waals surface area contributed by atoms with Crippen molar-refractivity contribution in [1.29, 1.82) is 0 Å². The number of anilines is 1. The van der Waals surface area contributed by atoms with Crippen LogP contribution in [0, 0.1) is 17.2 Å². The van der Waals surface area contributed by atoms with Gasteiger partial charge in [0.2, 0.25) is 5.82 Å². The quantitative estimate of drug-likeness (QED) is 0.934. The Bertz CT molecular complexity index is 764. The number of tetrazole rings is 1. The highest BCUT2D eigenvalue weighted by molar-refractivity contribution is 6.31. The lowest BCUT2D eigenvalue weighted by Gasteiger charge is -2.63. The Balaban J connectivity index is 1.63. The normalized spacial score (nSPS) is 27.7. The zero-order valence-corrected chi connectivity index (χ0v) is 13.1. The zero-order chi connectivity index (χ0) is 15.6. The van der Waals surface area contributed by atoms with Gasteiger partial charge in [0.25, 0.3) is 0 Å². The first-order valence-electron chi connectivity index (χ1n) is 7.79. The number of hydrogen-bond donors (Lipinski definition) is 1. The number of nitrogens with zero attached hydrogens (tertiary/aromatic N) is 4. The van der Waals surface area contributed by atoms with Gasteiger partial charge in [-0.3, -0.25) is 0 Å². The van der Waals surface area contributed by atoms with Crippen molar-refractivity contribution in [3.63, 3.8) is 0 Å². The number of hydrogen-bond acceptors (Lipinski definition) is 5. The number of aromatic nitrogens is 4. The fraction of sp³-hybridized carbons (Fsp3) is 0.533. The predicted molar refractivity (Wildman–Crippen MR) is 82.1 cm³/mol. The van der Waals surface area contributed by atoms with Crippen LogP contribution in [0.15, 0.2) is 6.07 Å². The third kappa shape index (κ3) is 1.89. The summed E-state index contributed by atoms with van der Waals surface area (Å²) in [5, 5.41) is 13.8. The summed E-state index contributed by atoms with van der Waals surface area (Å²) >= 11 is 6.04. The summed E-state index contributed by atoms with van der Waals surface area (Å²) in [6, 6.07) is 1.55. The molecule has 8 heteroatoms. The minimum Gasteiger partial charge on any atom is -0.489 e. The van der Waals surface area contributed by atoms with Crippen molar-refractivity contribution in [2.24, 2.45) is 11.3 Å². The topological polar surface area (TPSA) is 66.9 Å². The van der Waals surface area contributed by atoms with Gasteiger partial charge in [-0.05, 0) is 35.8 Å². The molecule has 4 aliphatic rings. The van der Waals surface area contributed by atoms with E-state index in [2.05, 4.69) is 25.5 Å². The molecule has 0 atom stereocenters. The Kier molecular flexibility index (Phi) is 2.69. The Labute approximate surface area is 137 Å². The fourth-order valence-electron chi connectivity index (χ4n) is 4.28. The van der Waals surface area contributed by atoms with Crippen molar-refractivity contribution >= 4 is 17.3 Å². The number of nitrogens with one attached hydrogen (secondary N) is 1. The Morgan fingerprint density at radius 1 is 1.43 bits per heavy atom. The zero-order valence-electron chi connectivity index (χ0n) is 12.4. The van der Waals surface area contributed by atoms with Crippen molar-refractivity contribution < 1.29 is 9.13 Å². The third-order valence-electron chi connectivity index (χ3n) is 5.35. The lowest BCUT2D eigenvalue weighted by molar-refractivity contribution is -0.0980. The Morgan fingerprint density at radius 2 is 2.26 bits per heavy atom. The standard InChI is InChI=1S/C15H15ClFN5O/c16-9-3-10-13(11(12(9)17)14-18-20-21-19-14)22(1-2-23-10)7-15-4-8(5-15)6-15/h3,8H,1-2,4-7H2,(H,18,19,20,21). The molecule has 1 aromatic carbocycles. The van der Waals surface area contributed by atoms with E-state index in [4.69, 9.17) is 16.3 Å². The summed E-state index contributed by atoms with van der Waals surface area (Å²) in [6.07, 6.45) is 3.86. The first-order chi connectivity index (χ1) is 11.2. The molecule has 2 heterocycles. The fourth-order valence-corrected chi connectivity index (χ4v) is 4.47. The smallest absolute Gasteiger partial charge is 0.209 e. The number of benzene rings is 1. The maximum atomic E-state index is 14.7. The van der Waals surface area contributed by atoms with Crippen LogP contribution in [0.3, 0.4) is 0 Å². The van der Waals surface area contributed by atoms with Gasteiger partial charge < -0.3 is 9.64 Å². The SMILES string of the molecule is Fc1c(Cl)cc2c(c1-c1nn[nH]n1)N(CC13CC(C1)C3)CCO2. The van der Waals surface area contributed by atoms with Gasteiger partial charge in [0, 0.05) is 12.6 Å². The van der Waals surface area contributed by atoms with Gasteiger partial charge in [-0.25, -0.2) is 4.39 Å². The van der Waals surface area contributed by atoms with Crippen LogP contribution >= 0.6 is 11.6 Å². The molecule has 1 aromatic heterocycles. The molecule has 2 aromatic rings. The van der Waals surface area contributed by atoms with Crippen LogP contribution in [-0.2, 0) is 0 Å². The molecule has 0 radical (unpaired) electrons. The number of aromatic amines is 1. The molecule has 23 heavy (non-hydrogen) atoms. The molecule has 3 aliphatic carbocycles. The highest BCUT2D eigenvalue weighted by Gasteiger charge is 2.57. The maximum absolute atomic E-state index is 14.7. The van der Waals surface area contributed by atoms with Crippen molar-refractivity contribution in [1.82, 2.24) is 20.6 Å². The molecular formula is C15H15ClFN5O. The molecule has 3 fully saturated rings. The lowest BCUT2D eigenvalue weighted by Crippen LogP contribution is -2.58. The third-order valence-corrected chi connectivity index (χ3v) is 5.63. The van der Waals surface area contributed by atoms with Crippen LogP contribution in [-0.4, -0.2) is 40.3 Å². The second-order valence-electron chi connectivity index (χ2n) is 6.88. The van der Waals surface area contributed by atoms with E-state index in [1.807, 2.05) is 0 Å². The molecule has 3 saturated carbocycles. The minimum absolute atomic E-state index is 0.0101. The van der Waals surface area contributed by atoms with E-state index >= 15 is 0 Å². The molecule has 0 unspecified atom stereocenters. The van der Waals surface area contributed by atoms with Crippen LogP contribution < -0.4 is 9.64 Å². The van der Waals surface area contributed by atoms with Gasteiger partial charge in [-0.1, -0.05) is 11.6 Å². The summed E-state index contributed by atoms with van der Waals surface area (Å²) in [5.41, 5.74) is 1.38. The summed E-state index contributed by atoms with van der Waals surface area (Å²) < 4.78 is 20.5. The number of ether oxygens (including phenoxy) is 1. The van der Waals surface area contributed by atoms with Gasteiger partial charge in [-0.15, -0.1) is 10.2 Å². The Hall–Kier alpha value is -1.89. The van der Waals surface area contributed by atoms with Crippen LogP contribution in [0.1, 0.15) is 19.3 Å². The van der Waals surface area contributed by atoms with Crippen LogP contribution in [0.2, 0.25) is 5.02 Å². The molecule has 0 amide bonds. The molecule has 1 N–H and O–H groups in total. The van der Waals surface area contributed by atoms with E-state index in [-0.39, 0.29) is 16.4 Å². The number of fused-ring (bicyclic) bond motifs is 1. The molecule has 1 aliphatic heterocycles. The van der Waals surface area contributed by atoms with E-state index in [1.165, 1.54) is 19.3 Å². The van der Waals surface area contributed by atoms with E-state index in [0.717, 1.165) is 19.0 Å². The average Bonchev–Trinajstić information content (AvgIpc) is 2.97. The van der Waals surface area contributed by atoms with Crippen LogP contribution in [0.4, 0.5) is 10.1 Å². The van der Waals surface area contributed by atoms with E-state index in [0.29, 0.717) is 23.5 Å². The van der Waals surface area contributed by atoms with Crippen molar-refractivity contribution in [3.05, 3.63) is 16.9 Å². The molecular weight excluding hydrogens is 321 g/mol. The van der Waals surface area contributed by atoms with Crippen molar-refractivity contribution in [3.8, 4) is 17.1 Å². The van der Waals surface area contributed by atoms with E-state index < -0.39 is 5.82 Å². The Morgan fingerprint density at radius 3 is 2.91 bits per heavy atom. The summed E-state index contributed by atoms with van der Waals surface area (Å²) in [5.74, 6) is 1.18. The second-order valence-corrected chi connectivity index (χ2v) is 7.29. The number of rotatable bonds is 3. The second kappa shape index (κ2) is 4.56. The molecule has 6 nitrogen and oxygen atoms in total. The van der Waals surface area contributed by atoms with Gasteiger partial charge in [0.15, 0.2) is 5.82 Å². The predicted octanol–water partition coefficient (Wildman–Crippen LogP) is 2.66. The van der Waals surface area contributed by atoms with Crippen LogP contribution in [0.25, 0.3) is 11.4 Å². The average molecular weight is 336 g/mol. The molecule has 6 rings (SSSR count). The van der Waals surface area contributed by atoms with Crippen molar-refractivity contribution in [2.45, 2.75) is 19.3 Å². The first kappa shape index (κ1) is 13.5. The highest BCUT2D eigenvalue weighted by Crippen LogP contribution is 2.65. The molecule has 2 bridgehead atoms. The molecule has 0 spiro atoms. The summed E-state index contributed by atoms with van der Waals surface area (Å²) in [7, 11) is 0. The summed E-state index contributed by atoms with van der Waals surface area (Å²) in [6.45, 7) is 2.22. The molecule has 120 valence electrons. The monoisotopic (exact) mass is 335 g/mol. The summed E-state index contributed by atoms with van der Waals surface area (Å²) in [4.78, 5) is 2.21. The van der Waals surface area contributed by atoms with Gasteiger partial charge in [0.05, 0.1) is 22.8 Å². The van der Waals surface area contributed by atoms with E-state index in [9.17, 15) is 4.39 Å². The molecule has 0 saturated heterocycles. The largest absolute Gasteiger partial charge is 0.489 e. The van der Waals surface area contributed by atoms with Gasteiger partial charge in [-0.2, -0.15) is 5.21 Å². The number of halogens is 2. The maximum Gasteiger partial charge on any atom is 0.209 e. The van der Waals surface area contributed by atoms with Gasteiger partial charge >= 0.3 is 0 Å². The highest BCUT2D eigenvalue weighted by atomic mass is 35.5. The first-order valence-corrected chi connectivity index (χ1v) is 8.17. The minimum atomic E-state index is -0.528. The van der Waals surface area contributed by atoms with E-state index in [1.54, 1.807) is 6.07 Å². The lowest BCUT2D eigenvalue weighted by atomic mass is 9.44. The van der Waals surface area contributed by atoms with Crippen LogP contribution in [0.5, 0.6) is 5.75 Å². The van der Waals surface area contributed by atoms with Gasteiger partial charge in [0.1, 0.15) is 12.4 Å². The van der Waals surface area contributed by atoms with Crippen molar-refractivity contribution in [2.75, 3.05) is 24.6 Å². The number of H-pyrrole nitrogens is 1.